The predicted molar refractivity (Wildman–Crippen MR) is 207 cm³/mol. The van der Waals surface area contributed by atoms with Crippen molar-refractivity contribution in [3.05, 3.63) is 164 Å². The molecule has 0 saturated carbocycles. The molecule has 10 aromatic rings. The van der Waals surface area contributed by atoms with Crippen molar-refractivity contribution in [2.24, 2.45) is 0 Å². The highest BCUT2D eigenvalue weighted by atomic mass is 32.1. The molecule has 0 unspecified atom stereocenters. The van der Waals surface area contributed by atoms with E-state index >= 15 is 0 Å². The highest BCUT2D eigenvalue weighted by molar-refractivity contribution is 7.26. The summed E-state index contributed by atoms with van der Waals surface area (Å²) < 4.78 is 2.54. The summed E-state index contributed by atoms with van der Waals surface area (Å²) in [5.41, 5.74) is 5.30. The maximum absolute atomic E-state index is 5.22. The minimum atomic E-state index is 0.657. The average Bonchev–Trinajstić information content (AvgIpc) is 3.56. The van der Waals surface area contributed by atoms with Gasteiger partial charge in [-0.1, -0.05) is 133 Å². The van der Waals surface area contributed by atoms with Gasteiger partial charge in [-0.25, -0.2) is 15.0 Å². The predicted octanol–water partition coefficient (Wildman–Crippen LogP) is 12.4. The van der Waals surface area contributed by atoms with Crippen molar-refractivity contribution in [1.29, 1.82) is 0 Å². The van der Waals surface area contributed by atoms with Gasteiger partial charge in [-0.3, -0.25) is 0 Å². The van der Waals surface area contributed by atoms with Crippen LogP contribution in [-0.2, 0) is 0 Å². The topological polar surface area (TPSA) is 38.7 Å². The number of aromatic nitrogens is 3. The van der Waals surface area contributed by atoms with E-state index in [0.29, 0.717) is 17.5 Å². The number of hydrogen-bond donors (Lipinski definition) is 0. The first-order valence-corrected chi connectivity index (χ1v) is 17.3. The Kier molecular flexibility index (Phi) is 6.36. The fourth-order valence-electron chi connectivity index (χ4n) is 7.00. The van der Waals surface area contributed by atoms with E-state index in [0.717, 1.165) is 27.5 Å². The van der Waals surface area contributed by atoms with Gasteiger partial charge >= 0.3 is 0 Å². The number of rotatable bonds is 4. The van der Waals surface area contributed by atoms with Gasteiger partial charge in [0.1, 0.15) is 0 Å². The lowest BCUT2D eigenvalue weighted by molar-refractivity contribution is 1.08. The zero-order valence-electron chi connectivity index (χ0n) is 26.3. The molecule has 0 bridgehead atoms. The van der Waals surface area contributed by atoms with Crippen molar-refractivity contribution in [2.75, 3.05) is 0 Å². The quantitative estimate of drug-likeness (QED) is 0.192. The van der Waals surface area contributed by atoms with Crippen molar-refractivity contribution in [3.63, 3.8) is 0 Å². The van der Waals surface area contributed by atoms with Crippen LogP contribution in [0.15, 0.2) is 164 Å². The molecular formula is C45H27N3S. The van der Waals surface area contributed by atoms with Crippen molar-refractivity contribution < 1.29 is 0 Å². The monoisotopic (exact) mass is 641 g/mol. The maximum Gasteiger partial charge on any atom is 0.164 e. The Labute approximate surface area is 286 Å². The van der Waals surface area contributed by atoms with Gasteiger partial charge in [0.15, 0.2) is 17.5 Å². The summed E-state index contributed by atoms with van der Waals surface area (Å²) in [6.07, 6.45) is 0. The van der Waals surface area contributed by atoms with Crippen LogP contribution in [-0.4, -0.2) is 15.0 Å². The van der Waals surface area contributed by atoms with Crippen LogP contribution >= 0.6 is 11.3 Å². The van der Waals surface area contributed by atoms with Gasteiger partial charge in [-0.05, 0) is 68.4 Å². The third kappa shape index (κ3) is 4.76. The zero-order valence-corrected chi connectivity index (χ0v) is 27.2. The van der Waals surface area contributed by atoms with E-state index in [1.165, 1.54) is 52.8 Å². The highest BCUT2D eigenvalue weighted by Crippen LogP contribution is 2.44. The van der Waals surface area contributed by atoms with Gasteiger partial charge in [0, 0.05) is 42.2 Å². The second kappa shape index (κ2) is 11.2. The van der Waals surface area contributed by atoms with E-state index in [-0.39, 0.29) is 0 Å². The molecule has 4 heteroatoms. The normalized spacial score (nSPS) is 11.7. The molecule has 0 aliphatic rings. The van der Waals surface area contributed by atoms with Crippen LogP contribution in [0.25, 0.3) is 97.8 Å². The van der Waals surface area contributed by atoms with Crippen LogP contribution in [0.1, 0.15) is 0 Å². The molecule has 0 atom stereocenters. The molecule has 0 aliphatic heterocycles. The second-order valence-corrected chi connectivity index (χ2v) is 13.5. The first kappa shape index (κ1) is 27.8. The van der Waals surface area contributed by atoms with E-state index < -0.39 is 0 Å². The smallest absolute Gasteiger partial charge is 0.164 e. The summed E-state index contributed by atoms with van der Waals surface area (Å²) in [7, 11) is 0. The van der Waals surface area contributed by atoms with Crippen LogP contribution in [0.5, 0.6) is 0 Å². The molecule has 10 rings (SSSR count). The fourth-order valence-corrected chi connectivity index (χ4v) is 8.21. The number of benzene rings is 8. The van der Waals surface area contributed by atoms with Gasteiger partial charge in [0.2, 0.25) is 0 Å². The van der Waals surface area contributed by atoms with Gasteiger partial charge < -0.3 is 0 Å². The Morgan fingerprint density at radius 1 is 0.327 bits per heavy atom. The molecule has 228 valence electrons. The van der Waals surface area contributed by atoms with Gasteiger partial charge in [0.25, 0.3) is 0 Å². The van der Waals surface area contributed by atoms with Crippen molar-refractivity contribution in [2.45, 2.75) is 0 Å². The summed E-state index contributed by atoms with van der Waals surface area (Å²) in [4.78, 5) is 15.4. The Bertz CT molecular complexity index is 2890. The minimum Gasteiger partial charge on any atom is -0.208 e. The molecule has 0 radical (unpaired) electrons. The van der Waals surface area contributed by atoms with E-state index in [9.17, 15) is 0 Å². The summed E-state index contributed by atoms with van der Waals surface area (Å²) >= 11 is 1.85. The summed E-state index contributed by atoms with van der Waals surface area (Å²) in [6, 6.07) is 58.1. The third-order valence-corrected chi connectivity index (χ3v) is 10.7. The Morgan fingerprint density at radius 2 is 0.878 bits per heavy atom. The minimum absolute atomic E-state index is 0.657. The van der Waals surface area contributed by atoms with Crippen LogP contribution in [0.3, 0.4) is 0 Å². The van der Waals surface area contributed by atoms with E-state index in [2.05, 4.69) is 146 Å². The van der Waals surface area contributed by atoms with Crippen LogP contribution in [0, 0.1) is 0 Å². The molecule has 2 aromatic heterocycles. The maximum atomic E-state index is 5.22. The lowest BCUT2D eigenvalue weighted by Crippen LogP contribution is -2.00. The van der Waals surface area contributed by atoms with Crippen molar-refractivity contribution in [1.82, 2.24) is 15.0 Å². The molecule has 0 saturated heterocycles. The van der Waals surface area contributed by atoms with Crippen molar-refractivity contribution in [3.8, 4) is 45.3 Å². The molecule has 2 heterocycles. The van der Waals surface area contributed by atoms with Crippen molar-refractivity contribution >= 4 is 63.8 Å². The molecule has 0 spiro atoms. The molecular weight excluding hydrogens is 615 g/mol. The zero-order chi connectivity index (χ0) is 32.3. The second-order valence-electron chi connectivity index (χ2n) is 12.5. The molecule has 0 N–H and O–H groups in total. The Balaban J connectivity index is 1.25. The van der Waals surface area contributed by atoms with E-state index in [4.69, 9.17) is 15.0 Å². The SMILES string of the molecule is c1ccc(-c2nc(-c3ccc4ccccc4c3)nc(-c3cc4c5ccccc5sc4c4cc(-c5ccc6ccccc6c5)ccc34)n2)cc1. The summed E-state index contributed by atoms with van der Waals surface area (Å²) in [5, 5.41) is 9.61. The summed E-state index contributed by atoms with van der Waals surface area (Å²) in [5.74, 6) is 1.98. The number of nitrogens with zero attached hydrogens (tertiary/aromatic N) is 3. The average molecular weight is 642 g/mol. The van der Waals surface area contributed by atoms with Gasteiger partial charge in [-0.2, -0.15) is 0 Å². The third-order valence-electron chi connectivity index (χ3n) is 9.48. The van der Waals surface area contributed by atoms with Crippen LogP contribution in [0.4, 0.5) is 0 Å². The fraction of sp³-hybridized carbons (Fsp3) is 0. The number of thiophene rings is 1. The summed E-state index contributed by atoms with van der Waals surface area (Å²) in [6.45, 7) is 0. The largest absolute Gasteiger partial charge is 0.208 e. The molecule has 8 aromatic carbocycles. The molecule has 3 nitrogen and oxygen atoms in total. The van der Waals surface area contributed by atoms with Gasteiger partial charge in [-0.15, -0.1) is 11.3 Å². The highest BCUT2D eigenvalue weighted by Gasteiger charge is 2.19. The first-order chi connectivity index (χ1) is 24.2. The molecule has 0 amide bonds. The van der Waals surface area contributed by atoms with E-state index in [1.54, 1.807) is 0 Å². The standard InChI is InChI=1S/C45H27N3S/c1-2-12-30(13-3-1)43-46-44(35-21-19-29-11-5-7-15-32(29)25-35)48-45(47-43)40-27-39-37-16-8-9-17-41(37)49-42(39)38-26-34(22-23-36(38)40)33-20-18-28-10-4-6-14-31(28)24-33/h1-27H. The number of hydrogen-bond acceptors (Lipinski definition) is 4. The van der Waals surface area contributed by atoms with E-state index in [1.807, 2.05) is 29.5 Å². The molecule has 0 aliphatic carbocycles. The van der Waals surface area contributed by atoms with Crippen LogP contribution < -0.4 is 0 Å². The molecule has 0 fully saturated rings. The Hall–Kier alpha value is -6.23. The van der Waals surface area contributed by atoms with Gasteiger partial charge in [0.05, 0.1) is 0 Å². The lowest BCUT2D eigenvalue weighted by atomic mass is 9.95. The Morgan fingerprint density at radius 3 is 1.65 bits per heavy atom. The first-order valence-electron chi connectivity index (χ1n) is 16.4. The molecule has 49 heavy (non-hydrogen) atoms. The number of fused-ring (bicyclic) bond motifs is 7. The van der Waals surface area contributed by atoms with Crippen LogP contribution in [0.2, 0.25) is 0 Å². The lowest BCUT2D eigenvalue weighted by Gasteiger charge is -2.13.